The molecular formula is C23H25N3O4. The quantitative estimate of drug-likeness (QED) is 0.722. The number of nitrogens with zero attached hydrogens (tertiary/aromatic N) is 2. The average Bonchev–Trinajstić information content (AvgIpc) is 3.05. The summed E-state index contributed by atoms with van der Waals surface area (Å²) < 4.78 is 13.1. The number of oxazole rings is 1. The van der Waals surface area contributed by atoms with Crippen LogP contribution in [0.5, 0.6) is 5.75 Å². The van der Waals surface area contributed by atoms with E-state index in [1.807, 2.05) is 30.3 Å². The average molecular weight is 407 g/mol. The highest BCUT2D eigenvalue weighted by molar-refractivity contribution is 5.80. The van der Waals surface area contributed by atoms with E-state index in [1.54, 1.807) is 18.2 Å². The first-order valence-corrected chi connectivity index (χ1v) is 10.4. The van der Waals surface area contributed by atoms with Crippen LogP contribution in [0.1, 0.15) is 30.9 Å². The molecule has 0 radical (unpaired) electrons. The standard InChI is InChI=1S/C23H25N3O4/c1-25-12-10-23(11-13-25)14-17(16-6-2-4-8-19(16)30-23)24-21(27)15-26-18-7-3-5-9-20(18)29-22(26)28/h2-9,17H,10-15H2,1H3,(H,24,27)/t17-/m1/s1. The zero-order valence-electron chi connectivity index (χ0n) is 17.0. The van der Waals surface area contributed by atoms with Crippen molar-refractivity contribution in [2.24, 2.45) is 0 Å². The van der Waals surface area contributed by atoms with E-state index in [0.29, 0.717) is 11.1 Å². The van der Waals surface area contributed by atoms with E-state index in [0.717, 1.165) is 43.7 Å². The molecule has 2 aromatic carbocycles. The number of aromatic nitrogens is 1. The van der Waals surface area contributed by atoms with E-state index >= 15 is 0 Å². The fraction of sp³-hybridized carbons (Fsp3) is 0.391. The normalized spacial score (nSPS) is 20.6. The summed E-state index contributed by atoms with van der Waals surface area (Å²) >= 11 is 0. The lowest BCUT2D eigenvalue weighted by Crippen LogP contribution is -2.51. The van der Waals surface area contributed by atoms with Gasteiger partial charge in [-0.25, -0.2) is 4.79 Å². The van der Waals surface area contributed by atoms with Crippen molar-refractivity contribution in [3.05, 3.63) is 64.6 Å². The van der Waals surface area contributed by atoms with Crippen LogP contribution >= 0.6 is 0 Å². The van der Waals surface area contributed by atoms with Crippen LogP contribution < -0.4 is 15.8 Å². The van der Waals surface area contributed by atoms with Crippen LogP contribution in [0.15, 0.2) is 57.7 Å². The number of hydrogen-bond acceptors (Lipinski definition) is 5. The number of hydrogen-bond donors (Lipinski definition) is 1. The summed E-state index contributed by atoms with van der Waals surface area (Å²) in [5.41, 5.74) is 1.83. The van der Waals surface area contributed by atoms with Crippen molar-refractivity contribution < 1.29 is 13.9 Å². The third kappa shape index (κ3) is 3.39. The molecule has 7 nitrogen and oxygen atoms in total. The Balaban J connectivity index is 1.39. The highest BCUT2D eigenvalue weighted by Crippen LogP contribution is 2.44. The Morgan fingerprint density at radius 1 is 1.13 bits per heavy atom. The molecule has 1 atom stereocenters. The number of carbonyl (C=O) groups is 1. The number of carbonyl (C=O) groups excluding carboxylic acids is 1. The maximum atomic E-state index is 12.9. The summed E-state index contributed by atoms with van der Waals surface area (Å²) in [6.45, 7) is 1.86. The van der Waals surface area contributed by atoms with Crippen LogP contribution in [-0.4, -0.2) is 41.1 Å². The number of nitrogens with one attached hydrogen (secondary N) is 1. The molecule has 2 aliphatic heterocycles. The zero-order valence-corrected chi connectivity index (χ0v) is 17.0. The van der Waals surface area contributed by atoms with E-state index in [9.17, 15) is 9.59 Å². The highest BCUT2D eigenvalue weighted by atomic mass is 16.5. The second-order valence-corrected chi connectivity index (χ2v) is 8.37. The third-order valence-electron chi connectivity index (χ3n) is 6.31. The molecule has 1 fully saturated rings. The van der Waals surface area contributed by atoms with Crippen molar-refractivity contribution in [3.8, 4) is 5.75 Å². The molecule has 0 saturated carbocycles. The predicted octanol–water partition coefficient (Wildman–Crippen LogP) is 2.70. The Hall–Kier alpha value is -3.06. The van der Waals surface area contributed by atoms with E-state index in [4.69, 9.17) is 9.15 Å². The zero-order chi connectivity index (χ0) is 20.7. The van der Waals surface area contributed by atoms with E-state index in [-0.39, 0.29) is 24.1 Å². The van der Waals surface area contributed by atoms with E-state index < -0.39 is 5.76 Å². The number of amides is 1. The molecule has 30 heavy (non-hydrogen) atoms. The first-order valence-electron chi connectivity index (χ1n) is 10.4. The van der Waals surface area contributed by atoms with Crippen LogP contribution in [0, 0.1) is 0 Å². The van der Waals surface area contributed by atoms with Gasteiger partial charge in [0.15, 0.2) is 5.58 Å². The van der Waals surface area contributed by atoms with Gasteiger partial charge in [-0.15, -0.1) is 0 Å². The molecule has 1 aromatic heterocycles. The van der Waals surface area contributed by atoms with Crippen LogP contribution in [0.4, 0.5) is 0 Å². The van der Waals surface area contributed by atoms with Crippen LogP contribution in [0.3, 0.4) is 0 Å². The SMILES string of the molecule is CN1CCC2(CC1)C[C@@H](NC(=O)Cn1c(=O)oc3ccccc31)c1ccccc1O2. The van der Waals surface area contributed by atoms with Gasteiger partial charge in [0.2, 0.25) is 5.91 Å². The minimum atomic E-state index is -0.523. The molecule has 5 rings (SSSR count). The Bertz CT molecular complexity index is 1140. The molecule has 2 aliphatic rings. The maximum absolute atomic E-state index is 12.9. The van der Waals surface area contributed by atoms with Crippen LogP contribution in [0.2, 0.25) is 0 Å². The van der Waals surface area contributed by atoms with Gasteiger partial charge in [0, 0.05) is 25.1 Å². The Labute approximate surface area is 174 Å². The van der Waals surface area contributed by atoms with Crippen LogP contribution in [-0.2, 0) is 11.3 Å². The molecule has 1 N–H and O–H groups in total. The van der Waals surface area contributed by atoms with E-state index in [1.165, 1.54) is 4.57 Å². The second-order valence-electron chi connectivity index (χ2n) is 8.37. The molecule has 0 aliphatic carbocycles. The number of benzene rings is 2. The number of ether oxygens (including phenoxy) is 1. The minimum absolute atomic E-state index is 0.0783. The summed E-state index contributed by atoms with van der Waals surface area (Å²) in [6, 6.07) is 14.9. The topological polar surface area (TPSA) is 76.7 Å². The van der Waals surface area contributed by atoms with Crippen molar-refractivity contribution in [1.29, 1.82) is 0 Å². The molecule has 7 heteroatoms. The lowest BCUT2D eigenvalue weighted by Gasteiger charge is -2.46. The molecule has 1 amide bonds. The fourth-order valence-corrected chi connectivity index (χ4v) is 4.63. The predicted molar refractivity (Wildman–Crippen MR) is 113 cm³/mol. The number of para-hydroxylation sites is 3. The molecule has 156 valence electrons. The number of piperidine rings is 1. The molecule has 1 spiro atoms. The summed E-state index contributed by atoms with van der Waals surface area (Å²) in [4.78, 5) is 27.5. The number of rotatable bonds is 3. The fourth-order valence-electron chi connectivity index (χ4n) is 4.63. The van der Waals surface area contributed by atoms with Gasteiger partial charge in [-0.3, -0.25) is 9.36 Å². The summed E-state index contributed by atoms with van der Waals surface area (Å²) in [5.74, 6) is 0.100. The molecule has 0 bridgehead atoms. The lowest BCUT2D eigenvalue weighted by molar-refractivity contribution is -0.123. The van der Waals surface area contributed by atoms with Gasteiger partial charge < -0.3 is 19.4 Å². The van der Waals surface area contributed by atoms with Crippen molar-refractivity contribution >= 4 is 17.0 Å². The van der Waals surface area contributed by atoms with Gasteiger partial charge in [-0.2, -0.15) is 0 Å². The maximum Gasteiger partial charge on any atom is 0.420 e. The number of fused-ring (bicyclic) bond motifs is 2. The first-order chi connectivity index (χ1) is 14.5. The van der Waals surface area contributed by atoms with Crippen molar-refractivity contribution in [1.82, 2.24) is 14.8 Å². The summed E-state index contributed by atoms with van der Waals surface area (Å²) in [7, 11) is 2.12. The molecule has 0 unspecified atom stereocenters. The molecule has 1 saturated heterocycles. The Morgan fingerprint density at radius 3 is 2.70 bits per heavy atom. The minimum Gasteiger partial charge on any atom is -0.487 e. The second kappa shape index (κ2) is 7.32. The van der Waals surface area contributed by atoms with Crippen molar-refractivity contribution in [3.63, 3.8) is 0 Å². The summed E-state index contributed by atoms with van der Waals surface area (Å²) in [5, 5.41) is 3.15. The molecule has 3 aromatic rings. The lowest BCUT2D eigenvalue weighted by atomic mass is 9.80. The van der Waals surface area contributed by atoms with Gasteiger partial charge in [-0.05, 0) is 38.1 Å². The largest absolute Gasteiger partial charge is 0.487 e. The summed E-state index contributed by atoms with van der Waals surface area (Å²) in [6.07, 6.45) is 2.58. The molecular weight excluding hydrogens is 382 g/mol. The number of likely N-dealkylation sites (tertiary alicyclic amines) is 1. The Kier molecular flexibility index (Phi) is 4.62. The van der Waals surface area contributed by atoms with Crippen molar-refractivity contribution in [2.45, 2.75) is 37.5 Å². The van der Waals surface area contributed by atoms with Gasteiger partial charge >= 0.3 is 5.76 Å². The van der Waals surface area contributed by atoms with Gasteiger partial charge in [0.1, 0.15) is 17.9 Å². The van der Waals surface area contributed by atoms with Crippen molar-refractivity contribution in [2.75, 3.05) is 20.1 Å². The van der Waals surface area contributed by atoms with Gasteiger partial charge in [-0.1, -0.05) is 30.3 Å². The van der Waals surface area contributed by atoms with Gasteiger partial charge in [0.25, 0.3) is 0 Å². The smallest absolute Gasteiger partial charge is 0.420 e. The third-order valence-corrected chi connectivity index (χ3v) is 6.31. The Morgan fingerprint density at radius 2 is 1.87 bits per heavy atom. The van der Waals surface area contributed by atoms with Crippen LogP contribution in [0.25, 0.3) is 11.1 Å². The monoisotopic (exact) mass is 407 g/mol. The van der Waals surface area contributed by atoms with E-state index in [2.05, 4.69) is 17.3 Å². The molecule has 3 heterocycles. The first kappa shape index (κ1) is 18.9. The van der Waals surface area contributed by atoms with Gasteiger partial charge in [0.05, 0.1) is 11.6 Å². The highest BCUT2D eigenvalue weighted by Gasteiger charge is 2.43.